The Balaban J connectivity index is 2.05. The number of rotatable bonds is 2. The van der Waals surface area contributed by atoms with Crippen LogP contribution in [0.5, 0.6) is 0 Å². The van der Waals surface area contributed by atoms with Gasteiger partial charge in [-0.25, -0.2) is 4.98 Å². The highest BCUT2D eigenvalue weighted by Crippen LogP contribution is 2.32. The molecular weight excluding hydrogens is 224 g/mol. The molecule has 3 rings (SSSR count). The van der Waals surface area contributed by atoms with Crippen molar-refractivity contribution in [2.45, 2.75) is 19.9 Å². The molecule has 2 heterocycles. The molecule has 0 radical (unpaired) electrons. The summed E-state index contributed by atoms with van der Waals surface area (Å²) in [5.74, 6) is 0.754. The number of anilines is 2. The first-order valence-electron chi connectivity index (χ1n) is 6.35. The number of nitrogen functional groups attached to an aromatic ring is 1. The zero-order valence-electron chi connectivity index (χ0n) is 10.8. The molecule has 18 heavy (non-hydrogen) atoms. The standard InChI is InChI=1S/C14H18N4/c1-3-18-9-16-13(14(18)15)11-4-5-12-10(8-11)6-7-17(12)2/h4-5,8-9H,3,6-7,15H2,1-2H3. The number of imidazole rings is 1. The summed E-state index contributed by atoms with van der Waals surface area (Å²) in [5.41, 5.74) is 10.8. The molecule has 94 valence electrons. The molecule has 2 N–H and O–H groups in total. The van der Waals surface area contributed by atoms with Gasteiger partial charge in [-0.1, -0.05) is 6.07 Å². The second-order valence-corrected chi connectivity index (χ2v) is 4.78. The number of likely N-dealkylation sites (N-methyl/N-ethyl adjacent to an activating group) is 1. The maximum atomic E-state index is 6.11. The van der Waals surface area contributed by atoms with Gasteiger partial charge in [0, 0.05) is 31.4 Å². The average molecular weight is 242 g/mol. The Morgan fingerprint density at radius 2 is 2.22 bits per heavy atom. The van der Waals surface area contributed by atoms with Gasteiger partial charge in [0.25, 0.3) is 0 Å². The van der Waals surface area contributed by atoms with E-state index in [0.29, 0.717) is 0 Å². The number of fused-ring (bicyclic) bond motifs is 1. The van der Waals surface area contributed by atoms with Crippen molar-refractivity contribution in [1.29, 1.82) is 0 Å². The molecule has 0 atom stereocenters. The summed E-state index contributed by atoms with van der Waals surface area (Å²) in [7, 11) is 2.13. The van der Waals surface area contributed by atoms with E-state index in [-0.39, 0.29) is 0 Å². The minimum Gasteiger partial charge on any atom is -0.383 e. The van der Waals surface area contributed by atoms with Gasteiger partial charge in [0.2, 0.25) is 0 Å². The van der Waals surface area contributed by atoms with Crippen LogP contribution in [0.1, 0.15) is 12.5 Å². The molecule has 0 fully saturated rings. The van der Waals surface area contributed by atoms with E-state index >= 15 is 0 Å². The minimum absolute atomic E-state index is 0.754. The summed E-state index contributed by atoms with van der Waals surface area (Å²) in [5, 5.41) is 0. The molecule has 0 saturated heterocycles. The minimum atomic E-state index is 0.754. The maximum Gasteiger partial charge on any atom is 0.131 e. The van der Waals surface area contributed by atoms with E-state index in [2.05, 4.69) is 42.1 Å². The molecule has 4 nitrogen and oxygen atoms in total. The number of hydrogen-bond acceptors (Lipinski definition) is 3. The van der Waals surface area contributed by atoms with Crippen LogP contribution in [0.15, 0.2) is 24.5 Å². The van der Waals surface area contributed by atoms with Gasteiger partial charge in [-0.3, -0.25) is 0 Å². The monoisotopic (exact) mass is 242 g/mol. The predicted octanol–water partition coefficient (Wildman–Crippen LogP) is 2.14. The molecule has 0 unspecified atom stereocenters. The third-order valence-corrected chi connectivity index (χ3v) is 3.70. The van der Waals surface area contributed by atoms with Crippen LogP contribution in [0, 0.1) is 0 Å². The highest BCUT2D eigenvalue weighted by atomic mass is 15.1. The summed E-state index contributed by atoms with van der Waals surface area (Å²) in [4.78, 5) is 6.71. The summed E-state index contributed by atoms with van der Waals surface area (Å²) >= 11 is 0. The van der Waals surface area contributed by atoms with Gasteiger partial charge in [0.15, 0.2) is 0 Å². The Morgan fingerprint density at radius 1 is 1.39 bits per heavy atom. The third-order valence-electron chi connectivity index (χ3n) is 3.70. The number of benzene rings is 1. The normalized spacial score (nSPS) is 14.0. The van der Waals surface area contributed by atoms with Crippen LogP contribution in [0.4, 0.5) is 11.5 Å². The van der Waals surface area contributed by atoms with E-state index in [0.717, 1.165) is 36.6 Å². The summed E-state index contributed by atoms with van der Waals surface area (Å²) in [6, 6.07) is 6.50. The van der Waals surface area contributed by atoms with Crippen LogP contribution in [0.2, 0.25) is 0 Å². The first-order valence-corrected chi connectivity index (χ1v) is 6.35. The Morgan fingerprint density at radius 3 is 2.94 bits per heavy atom. The third kappa shape index (κ3) is 1.56. The number of nitrogens with zero attached hydrogens (tertiary/aromatic N) is 3. The zero-order valence-corrected chi connectivity index (χ0v) is 10.8. The number of aryl methyl sites for hydroxylation is 1. The highest BCUT2D eigenvalue weighted by molar-refractivity contribution is 5.74. The van der Waals surface area contributed by atoms with Gasteiger partial charge >= 0.3 is 0 Å². The van der Waals surface area contributed by atoms with E-state index < -0.39 is 0 Å². The lowest BCUT2D eigenvalue weighted by Gasteiger charge is -2.12. The molecule has 1 aliphatic heterocycles. The van der Waals surface area contributed by atoms with Gasteiger partial charge in [-0.2, -0.15) is 0 Å². The fourth-order valence-electron chi connectivity index (χ4n) is 2.58. The van der Waals surface area contributed by atoms with E-state index in [9.17, 15) is 0 Å². The molecule has 0 saturated carbocycles. The molecule has 0 bridgehead atoms. The van der Waals surface area contributed by atoms with Crippen LogP contribution in [-0.2, 0) is 13.0 Å². The lowest BCUT2D eigenvalue weighted by atomic mass is 10.1. The predicted molar refractivity (Wildman–Crippen MR) is 74.7 cm³/mol. The summed E-state index contributed by atoms with van der Waals surface area (Å²) < 4.78 is 1.97. The Labute approximate surface area is 107 Å². The van der Waals surface area contributed by atoms with Crippen molar-refractivity contribution in [3.05, 3.63) is 30.1 Å². The highest BCUT2D eigenvalue weighted by Gasteiger charge is 2.17. The first kappa shape index (κ1) is 11.1. The molecule has 1 aromatic carbocycles. The van der Waals surface area contributed by atoms with Crippen molar-refractivity contribution in [1.82, 2.24) is 9.55 Å². The maximum absolute atomic E-state index is 6.11. The van der Waals surface area contributed by atoms with Crippen molar-refractivity contribution in [3.8, 4) is 11.3 Å². The van der Waals surface area contributed by atoms with Crippen molar-refractivity contribution in [2.24, 2.45) is 0 Å². The van der Waals surface area contributed by atoms with Gasteiger partial charge in [0.1, 0.15) is 11.5 Å². The molecule has 1 aliphatic rings. The second kappa shape index (κ2) is 4.05. The average Bonchev–Trinajstić information content (AvgIpc) is 2.93. The molecule has 4 heteroatoms. The van der Waals surface area contributed by atoms with Crippen molar-refractivity contribution < 1.29 is 0 Å². The Kier molecular flexibility index (Phi) is 2.51. The smallest absolute Gasteiger partial charge is 0.131 e. The molecule has 0 spiro atoms. The molecule has 0 aliphatic carbocycles. The van der Waals surface area contributed by atoms with Crippen LogP contribution in [0.3, 0.4) is 0 Å². The fourth-order valence-corrected chi connectivity index (χ4v) is 2.58. The van der Waals surface area contributed by atoms with Crippen molar-refractivity contribution in [2.75, 3.05) is 24.2 Å². The van der Waals surface area contributed by atoms with E-state index in [4.69, 9.17) is 5.73 Å². The van der Waals surface area contributed by atoms with Gasteiger partial charge in [0.05, 0.1) is 6.33 Å². The van der Waals surface area contributed by atoms with Gasteiger partial charge in [-0.05, 0) is 31.0 Å². The van der Waals surface area contributed by atoms with Gasteiger partial charge < -0.3 is 15.2 Å². The molecule has 1 aromatic heterocycles. The lowest BCUT2D eigenvalue weighted by Crippen LogP contribution is -2.12. The van der Waals surface area contributed by atoms with Crippen LogP contribution >= 0.6 is 0 Å². The van der Waals surface area contributed by atoms with E-state index in [1.807, 2.05) is 10.9 Å². The quantitative estimate of drug-likeness (QED) is 0.877. The van der Waals surface area contributed by atoms with Crippen molar-refractivity contribution >= 4 is 11.5 Å². The van der Waals surface area contributed by atoms with E-state index in [1.54, 1.807) is 0 Å². The van der Waals surface area contributed by atoms with Crippen molar-refractivity contribution in [3.63, 3.8) is 0 Å². The fraction of sp³-hybridized carbons (Fsp3) is 0.357. The van der Waals surface area contributed by atoms with Crippen LogP contribution in [-0.4, -0.2) is 23.1 Å². The van der Waals surface area contributed by atoms with Gasteiger partial charge in [-0.15, -0.1) is 0 Å². The number of nitrogens with two attached hydrogens (primary N) is 1. The van der Waals surface area contributed by atoms with E-state index in [1.165, 1.54) is 11.3 Å². The Bertz CT molecular complexity index is 585. The lowest BCUT2D eigenvalue weighted by molar-refractivity contribution is 0.771. The first-order chi connectivity index (χ1) is 8.70. The topological polar surface area (TPSA) is 47.1 Å². The summed E-state index contributed by atoms with van der Waals surface area (Å²) in [6.45, 7) is 4.02. The molecule has 2 aromatic rings. The summed E-state index contributed by atoms with van der Waals surface area (Å²) in [6.07, 6.45) is 2.91. The number of aromatic nitrogens is 2. The second-order valence-electron chi connectivity index (χ2n) is 4.78. The largest absolute Gasteiger partial charge is 0.383 e. The SMILES string of the molecule is CCn1cnc(-c2ccc3c(c2)CCN3C)c1N. The Hall–Kier alpha value is -1.97. The molecular formula is C14H18N4. The number of hydrogen-bond donors (Lipinski definition) is 1. The van der Waals surface area contributed by atoms with Crippen LogP contribution < -0.4 is 10.6 Å². The molecule has 0 amide bonds. The zero-order chi connectivity index (χ0) is 12.7. The van der Waals surface area contributed by atoms with Crippen LogP contribution in [0.25, 0.3) is 11.3 Å².